The molecule has 0 N–H and O–H groups in total. The molecule has 2 aromatic carbocycles. The third kappa shape index (κ3) is 2.45. The average Bonchev–Trinajstić information content (AvgIpc) is 2.73. The molecule has 0 saturated heterocycles. The molecular formula is C18H15ClN4. The maximum absolute atomic E-state index is 6.41. The van der Waals surface area contributed by atoms with Crippen LogP contribution in [-0.2, 0) is 0 Å². The first kappa shape index (κ1) is 14.2. The van der Waals surface area contributed by atoms with Crippen LogP contribution in [0.2, 0.25) is 5.02 Å². The molecule has 0 fully saturated rings. The van der Waals surface area contributed by atoms with Crippen molar-refractivity contribution in [1.29, 1.82) is 0 Å². The van der Waals surface area contributed by atoms with Gasteiger partial charge in [0.25, 0.3) is 0 Å². The highest BCUT2D eigenvalue weighted by Gasteiger charge is 2.26. The highest BCUT2D eigenvalue weighted by molar-refractivity contribution is 6.36. The smallest absolute Gasteiger partial charge is 0.154 e. The van der Waals surface area contributed by atoms with E-state index in [-0.39, 0.29) is 0 Å². The van der Waals surface area contributed by atoms with E-state index >= 15 is 0 Å². The summed E-state index contributed by atoms with van der Waals surface area (Å²) in [4.78, 5) is 6.98. The number of hydrogen-bond donors (Lipinski definition) is 0. The van der Waals surface area contributed by atoms with Gasteiger partial charge in [-0.05, 0) is 19.1 Å². The van der Waals surface area contributed by atoms with Gasteiger partial charge in [-0.1, -0.05) is 48.0 Å². The molecule has 0 atom stereocenters. The highest BCUT2D eigenvalue weighted by Crippen LogP contribution is 2.30. The molecule has 0 spiro atoms. The van der Waals surface area contributed by atoms with Gasteiger partial charge in [0.15, 0.2) is 5.84 Å². The maximum atomic E-state index is 6.41. The van der Waals surface area contributed by atoms with Crippen LogP contribution in [0.4, 0.5) is 5.69 Å². The fourth-order valence-corrected chi connectivity index (χ4v) is 3.14. The van der Waals surface area contributed by atoms with Crippen LogP contribution in [0.5, 0.6) is 0 Å². The molecule has 0 aromatic heterocycles. The van der Waals surface area contributed by atoms with E-state index in [0.717, 1.165) is 40.6 Å². The predicted octanol–water partition coefficient (Wildman–Crippen LogP) is 3.79. The largest absolute Gasteiger partial charge is 0.320 e. The highest BCUT2D eigenvalue weighted by atomic mass is 35.5. The first-order valence-electron chi connectivity index (χ1n) is 7.50. The second kappa shape index (κ2) is 5.63. The minimum atomic E-state index is 0.492. The van der Waals surface area contributed by atoms with Gasteiger partial charge in [0.1, 0.15) is 0 Å². The van der Waals surface area contributed by atoms with Crippen molar-refractivity contribution >= 4 is 34.5 Å². The van der Waals surface area contributed by atoms with Crippen LogP contribution in [0, 0.1) is 0 Å². The van der Waals surface area contributed by atoms with E-state index in [4.69, 9.17) is 16.6 Å². The van der Waals surface area contributed by atoms with Gasteiger partial charge in [-0.3, -0.25) is 4.99 Å². The molecule has 4 nitrogen and oxygen atoms in total. The van der Waals surface area contributed by atoms with Crippen molar-refractivity contribution < 1.29 is 0 Å². The van der Waals surface area contributed by atoms with Gasteiger partial charge >= 0.3 is 0 Å². The van der Waals surface area contributed by atoms with Gasteiger partial charge in [-0.15, -0.1) is 5.10 Å². The molecule has 0 radical (unpaired) electrons. The van der Waals surface area contributed by atoms with Crippen molar-refractivity contribution in [2.45, 2.75) is 6.92 Å². The van der Waals surface area contributed by atoms with Gasteiger partial charge in [-0.2, -0.15) is 5.10 Å². The summed E-state index contributed by atoms with van der Waals surface area (Å²) in [5.41, 5.74) is 5.00. The van der Waals surface area contributed by atoms with Gasteiger partial charge in [0.2, 0.25) is 0 Å². The molecule has 0 aliphatic carbocycles. The second-order valence-corrected chi connectivity index (χ2v) is 6.01. The average molecular weight is 323 g/mol. The quantitative estimate of drug-likeness (QED) is 0.787. The second-order valence-electron chi connectivity index (χ2n) is 5.60. The zero-order chi connectivity index (χ0) is 15.8. The molecule has 0 saturated carbocycles. The number of halogens is 1. The fourth-order valence-electron chi connectivity index (χ4n) is 2.92. The number of fused-ring (bicyclic) bond motifs is 3. The Balaban J connectivity index is 1.92. The van der Waals surface area contributed by atoms with Gasteiger partial charge in [-0.25, -0.2) is 0 Å². The van der Waals surface area contributed by atoms with Crippen LogP contribution in [0.1, 0.15) is 18.1 Å². The predicted molar refractivity (Wildman–Crippen MR) is 96.3 cm³/mol. The lowest BCUT2D eigenvalue weighted by molar-refractivity contribution is 1.03. The number of aliphatic imine (C=N–C) groups is 1. The third-order valence-corrected chi connectivity index (χ3v) is 4.32. The lowest BCUT2D eigenvalue weighted by Crippen LogP contribution is -2.38. The molecule has 2 heterocycles. The Hall–Kier alpha value is -2.46. The zero-order valence-electron chi connectivity index (χ0n) is 12.7. The summed E-state index contributed by atoms with van der Waals surface area (Å²) >= 11 is 6.41. The molecule has 2 aliphatic heterocycles. The van der Waals surface area contributed by atoms with Crippen LogP contribution >= 0.6 is 11.6 Å². The molecule has 2 aromatic rings. The molecule has 2 aliphatic rings. The van der Waals surface area contributed by atoms with Crippen LogP contribution in [0.3, 0.4) is 0 Å². The van der Waals surface area contributed by atoms with Crippen molar-refractivity contribution in [1.82, 2.24) is 0 Å². The van der Waals surface area contributed by atoms with Gasteiger partial charge < -0.3 is 4.90 Å². The lowest BCUT2D eigenvalue weighted by atomic mass is 10.00. The molecule has 0 bridgehead atoms. The van der Waals surface area contributed by atoms with Crippen molar-refractivity contribution in [2.24, 2.45) is 15.2 Å². The molecule has 23 heavy (non-hydrogen) atoms. The van der Waals surface area contributed by atoms with E-state index in [2.05, 4.69) is 27.2 Å². The zero-order valence-corrected chi connectivity index (χ0v) is 13.5. The van der Waals surface area contributed by atoms with Crippen molar-refractivity contribution in [2.75, 3.05) is 18.0 Å². The van der Waals surface area contributed by atoms with Crippen LogP contribution in [0.25, 0.3) is 0 Å². The third-order valence-electron chi connectivity index (χ3n) is 3.99. The minimum absolute atomic E-state index is 0.492. The monoisotopic (exact) mass is 322 g/mol. The summed E-state index contributed by atoms with van der Waals surface area (Å²) in [5, 5.41) is 9.25. The number of amidine groups is 1. The topological polar surface area (TPSA) is 40.3 Å². The summed E-state index contributed by atoms with van der Waals surface area (Å²) in [6, 6.07) is 16.1. The number of hydrogen-bond acceptors (Lipinski definition) is 4. The van der Waals surface area contributed by atoms with E-state index in [1.807, 2.05) is 43.3 Å². The van der Waals surface area contributed by atoms with E-state index in [1.54, 1.807) is 0 Å². The Kier molecular flexibility index (Phi) is 3.46. The Bertz CT molecular complexity index is 867. The van der Waals surface area contributed by atoms with Gasteiger partial charge in [0.05, 0.1) is 30.2 Å². The summed E-state index contributed by atoms with van der Waals surface area (Å²) in [6.07, 6.45) is 0. The van der Waals surface area contributed by atoms with Gasteiger partial charge in [0, 0.05) is 16.1 Å². The first-order valence-corrected chi connectivity index (χ1v) is 7.88. The lowest BCUT2D eigenvalue weighted by Gasteiger charge is -2.27. The standard InChI is InChI=1S/C18H15ClN4/c1-12-11-23-16-9-5-3-7-14(16)18(20-10-17(23)22-21-12)13-6-2-4-8-15(13)19/h2-9H,10-11H2,1H3. The molecule has 0 amide bonds. The van der Waals surface area contributed by atoms with Crippen molar-refractivity contribution in [3.8, 4) is 0 Å². The number of benzene rings is 2. The normalized spacial score (nSPS) is 16.6. The van der Waals surface area contributed by atoms with Crippen molar-refractivity contribution in [3.63, 3.8) is 0 Å². The Morgan fingerprint density at radius 2 is 1.70 bits per heavy atom. The maximum Gasteiger partial charge on any atom is 0.154 e. The Morgan fingerprint density at radius 1 is 0.957 bits per heavy atom. The van der Waals surface area contributed by atoms with E-state index < -0.39 is 0 Å². The molecule has 5 heteroatoms. The minimum Gasteiger partial charge on any atom is -0.320 e. The number of rotatable bonds is 1. The Labute approximate surface area is 139 Å². The van der Waals surface area contributed by atoms with Crippen LogP contribution < -0.4 is 4.90 Å². The van der Waals surface area contributed by atoms with E-state index in [0.29, 0.717) is 11.6 Å². The molecule has 0 unspecified atom stereocenters. The molecule has 114 valence electrons. The van der Waals surface area contributed by atoms with Crippen LogP contribution in [-0.4, -0.2) is 30.3 Å². The van der Waals surface area contributed by atoms with Crippen LogP contribution in [0.15, 0.2) is 63.7 Å². The van der Waals surface area contributed by atoms with Crippen molar-refractivity contribution in [3.05, 3.63) is 64.7 Å². The Morgan fingerprint density at radius 3 is 2.52 bits per heavy atom. The molecule has 4 rings (SSSR count). The number of nitrogens with zero attached hydrogens (tertiary/aromatic N) is 4. The summed E-state index contributed by atoms with van der Waals surface area (Å²) in [5.74, 6) is 0.866. The first-order chi connectivity index (χ1) is 11.2. The SMILES string of the molecule is CC1=NN=C2CN=C(c3ccccc3Cl)c3ccccc3N2C1. The van der Waals surface area contributed by atoms with E-state index in [9.17, 15) is 0 Å². The summed E-state index contributed by atoms with van der Waals surface area (Å²) in [6.45, 7) is 3.22. The fraction of sp³-hybridized carbons (Fsp3) is 0.167. The number of anilines is 1. The summed E-state index contributed by atoms with van der Waals surface area (Å²) in [7, 11) is 0. The summed E-state index contributed by atoms with van der Waals surface area (Å²) < 4.78 is 0. The molecular weight excluding hydrogens is 308 g/mol. The van der Waals surface area contributed by atoms with E-state index in [1.165, 1.54) is 0 Å². The number of para-hydroxylation sites is 1.